The Hall–Kier alpha value is -3.38. The van der Waals surface area contributed by atoms with Gasteiger partial charge in [-0.1, -0.05) is 46.3 Å². The highest BCUT2D eigenvalue weighted by Gasteiger charge is 2.15. The highest BCUT2D eigenvalue weighted by atomic mass is 79.9. The van der Waals surface area contributed by atoms with Crippen LogP contribution in [0.1, 0.15) is 26.3 Å². The molecule has 3 aromatic carbocycles. The second kappa shape index (κ2) is 9.89. The zero-order valence-corrected chi connectivity index (χ0v) is 18.0. The molecule has 3 rings (SSSR count). The normalized spacial score (nSPS) is 10.6. The van der Waals surface area contributed by atoms with Gasteiger partial charge in [0.2, 0.25) is 0 Å². The van der Waals surface area contributed by atoms with Crippen molar-refractivity contribution in [2.45, 2.75) is 0 Å². The van der Waals surface area contributed by atoms with E-state index in [-0.39, 0.29) is 17.1 Å². The molecule has 0 aliphatic rings. The van der Waals surface area contributed by atoms with Crippen molar-refractivity contribution in [1.29, 1.82) is 0 Å². The molecule has 0 saturated heterocycles. The lowest BCUT2D eigenvalue weighted by molar-refractivity contribution is 0.0733. The van der Waals surface area contributed by atoms with Gasteiger partial charge in [0, 0.05) is 4.47 Å². The number of ether oxygens (including phenoxy) is 3. The lowest BCUT2D eigenvalue weighted by atomic mass is 10.1. The van der Waals surface area contributed by atoms with E-state index in [1.54, 1.807) is 74.9 Å². The maximum atomic E-state index is 12.8. The van der Waals surface area contributed by atoms with Crippen LogP contribution in [0, 0.1) is 0 Å². The first-order chi connectivity index (χ1) is 14.5. The minimum atomic E-state index is -0.532. The third-order valence-corrected chi connectivity index (χ3v) is 4.75. The fourth-order valence-electron chi connectivity index (χ4n) is 2.73. The number of carbonyl (C=O) groups is 2. The van der Waals surface area contributed by atoms with E-state index < -0.39 is 5.97 Å². The third kappa shape index (κ3) is 5.15. The third-order valence-electron chi connectivity index (χ3n) is 4.25. The van der Waals surface area contributed by atoms with Gasteiger partial charge in [-0.15, -0.1) is 0 Å². The SMILES string of the molecule is COc1ccc(C=CC(=O)c2cc(Br)ccc2OC(=O)c2ccccc2)cc1OC. The standard InChI is InChI=1S/C24H19BrO5/c1-28-22-12-9-16(14-23(22)29-2)8-11-20(26)19-15-18(25)10-13-21(19)30-24(27)17-6-4-3-5-7-17/h3-15H,1-2H3. The van der Waals surface area contributed by atoms with E-state index in [1.807, 2.05) is 12.1 Å². The van der Waals surface area contributed by atoms with Crippen molar-refractivity contribution >= 4 is 33.8 Å². The maximum absolute atomic E-state index is 12.8. The van der Waals surface area contributed by atoms with E-state index in [1.165, 1.54) is 6.08 Å². The van der Waals surface area contributed by atoms with Gasteiger partial charge in [-0.25, -0.2) is 4.79 Å². The van der Waals surface area contributed by atoms with Crippen LogP contribution >= 0.6 is 15.9 Å². The van der Waals surface area contributed by atoms with E-state index in [2.05, 4.69) is 15.9 Å². The van der Waals surface area contributed by atoms with E-state index in [0.29, 0.717) is 21.5 Å². The minimum Gasteiger partial charge on any atom is -0.493 e. The van der Waals surface area contributed by atoms with Crippen molar-refractivity contribution in [3.63, 3.8) is 0 Å². The van der Waals surface area contributed by atoms with Crippen LogP contribution in [0.5, 0.6) is 17.2 Å². The molecule has 152 valence electrons. The largest absolute Gasteiger partial charge is 0.493 e. The Labute approximate surface area is 183 Å². The molecule has 0 saturated carbocycles. The van der Waals surface area contributed by atoms with E-state index >= 15 is 0 Å². The van der Waals surface area contributed by atoms with E-state index in [4.69, 9.17) is 14.2 Å². The molecule has 0 fully saturated rings. The summed E-state index contributed by atoms with van der Waals surface area (Å²) < 4.78 is 16.7. The van der Waals surface area contributed by atoms with Crippen molar-refractivity contribution in [1.82, 2.24) is 0 Å². The molecule has 30 heavy (non-hydrogen) atoms. The summed E-state index contributed by atoms with van der Waals surface area (Å²) in [7, 11) is 3.10. The first kappa shape index (κ1) is 21.3. The smallest absolute Gasteiger partial charge is 0.343 e. The fraction of sp³-hybridized carbons (Fsp3) is 0.0833. The summed E-state index contributed by atoms with van der Waals surface area (Å²) in [5, 5.41) is 0. The monoisotopic (exact) mass is 466 g/mol. The van der Waals surface area contributed by atoms with Gasteiger partial charge < -0.3 is 14.2 Å². The van der Waals surface area contributed by atoms with Crippen LogP contribution in [-0.4, -0.2) is 26.0 Å². The molecule has 0 aliphatic carbocycles. The Morgan fingerprint density at radius 1 is 0.833 bits per heavy atom. The zero-order valence-electron chi connectivity index (χ0n) is 16.4. The number of halogens is 1. The van der Waals surface area contributed by atoms with Crippen molar-refractivity contribution in [3.05, 3.63) is 94.0 Å². The van der Waals surface area contributed by atoms with Gasteiger partial charge in [-0.05, 0) is 54.1 Å². The molecule has 0 spiro atoms. The first-order valence-corrected chi connectivity index (χ1v) is 9.82. The predicted octanol–water partition coefficient (Wildman–Crippen LogP) is 5.58. The number of allylic oxidation sites excluding steroid dienone is 1. The maximum Gasteiger partial charge on any atom is 0.343 e. The summed E-state index contributed by atoms with van der Waals surface area (Å²) in [6.45, 7) is 0. The molecule has 6 heteroatoms. The van der Waals surface area contributed by atoms with Gasteiger partial charge in [0.15, 0.2) is 17.3 Å². The molecule has 5 nitrogen and oxygen atoms in total. The van der Waals surface area contributed by atoms with Crippen molar-refractivity contribution in [2.75, 3.05) is 14.2 Å². The number of methoxy groups -OCH3 is 2. The Kier molecular flexibility index (Phi) is 7.03. The Bertz CT molecular complexity index is 1090. The Morgan fingerprint density at radius 3 is 2.23 bits per heavy atom. The molecule has 0 N–H and O–H groups in total. The summed E-state index contributed by atoms with van der Waals surface area (Å²) >= 11 is 3.36. The topological polar surface area (TPSA) is 61.8 Å². The fourth-order valence-corrected chi connectivity index (χ4v) is 3.10. The zero-order chi connectivity index (χ0) is 21.5. The van der Waals surface area contributed by atoms with Gasteiger partial charge in [0.25, 0.3) is 0 Å². The van der Waals surface area contributed by atoms with Crippen LogP contribution in [0.3, 0.4) is 0 Å². The van der Waals surface area contributed by atoms with Crippen LogP contribution < -0.4 is 14.2 Å². The number of rotatable bonds is 7. The molecule has 0 unspecified atom stereocenters. The highest BCUT2D eigenvalue weighted by molar-refractivity contribution is 9.10. The summed E-state index contributed by atoms with van der Waals surface area (Å²) in [6.07, 6.45) is 3.08. The quantitative estimate of drug-likeness (QED) is 0.197. The Balaban J connectivity index is 1.84. The first-order valence-electron chi connectivity index (χ1n) is 9.03. The van der Waals surface area contributed by atoms with Crippen LogP contribution in [0.15, 0.2) is 77.3 Å². The molecular formula is C24H19BrO5. The Morgan fingerprint density at radius 2 is 1.53 bits per heavy atom. The van der Waals surface area contributed by atoms with E-state index in [0.717, 1.165) is 5.56 Å². The second-order valence-corrected chi connectivity index (χ2v) is 7.12. The van der Waals surface area contributed by atoms with Crippen molar-refractivity contribution in [3.8, 4) is 17.2 Å². The lowest BCUT2D eigenvalue weighted by Crippen LogP contribution is -2.11. The molecule has 0 aliphatic heterocycles. The van der Waals surface area contributed by atoms with E-state index in [9.17, 15) is 9.59 Å². The van der Waals surface area contributed by atoms with Gasteiger partial charge in [-0.2, -0.15) is 0 Å². The number of carbonyl (C=O) groups excluding carboxylic acids is 2. The van der Waals surface area contributed by atoms with Crippen LogP contribution in [0.25, 0.3) is 6.08 Å². The molecule has 0 bridgehead atoms. The average Bonchev–Trinajstić information content (AvgIpc) is 2.78. The van der Waals surface area contributed by atoms with Gasteiger partial charge >= 0.3 is 5.97 Å². The van der Waals surface area contributed by atoms with Gasteiger partial charge in [-0.3, -0.25) is 4.79 Å². The minimum absolute atomic E-state index is 0.189. The summed E-state index contributed by atoms with van der Waals surface area (Å²) in [6, 6.07) is 18.9. The second-order valence-electron chi connectivity index (χ2n) is 6.21. The summed E-state index contributed by atoms with van der Waals surface area (Å²) in [5.41, 5.74) is 1.43. The van der Waals surface area contributed by atoms with Crippen molar-refractivity contribution in [2.24, 2.45) is 0 Å². The summed E-state index contributed by atoms with van der Waals surface area (Å²) in [5.74, 6) is 0.516. The van der Waals surface area contributed by atoms with Crippen LogP contribution in [0.2, 0.25) is 0 Å². The lowest BCUT2D eigenvalue weighted by Gasteiger charge is -2.09. The van der Waals surface area contributed by atoms with Crippen LogP contribution in [0.4, 0.5) is 0 Å². The average molecular weight is 467 g/mol. The molecule has 3 aromatic rings. The predicted molar refractivity (Wildman–Crippen MR) is 118 cm³/mol. The molecule has 0 radical (unpaired) electrons. The summed E-state index contributed by atoms with van der Waals surface area (Å²) in [4.78, 5) is 25.2. The molecule has 0 heterocycles. The molecule has 0 atom stereocenters. The molecule has 0 aromatic heterocycles. The van der Waals surface area contributed by atoms with Crippen molar-refractivity contribution < 1.29 is 23.8 Å². The number of hydrogen-bond acceptors (Lipinski definition) is 5. The number of benzene rings is 3. The number of ketones is 1. The molecular weight excluding hydrogens is 448 g/mol. The number of esters is 1. The van der Waals surface area contributed by atoms with Gasteiger partial charge in [0.1, 0.15) is 5.75 Å². The van der Waals surface area contributed by atoms with Crippen LogP contribution in [-0.2, 0) is 0 Å². The highest BCUT2D eigenvalue weighted by Crippen LogP contribution is 2.29. The molecule has 0 amide bonds. The van der Waals surface area contributed by atoms with Gasteiger partial charge in [0.05, 0.1) is 25.3 Å². The number of hydrogen-bond donors (Lipinski definition) is 0.